The fourth-order valence-corrected chi connectivity index (χ4v) is 3.09. The Morgan fingerprint density at radius 3 is 2.06 bits per heavy atom. The van der Waals surface area contributed by atoms with E-state index in [0.717, 1.165) is 6.61 Å². The second kappa shape index (κ2) is 4.63. The first-order valence-electron chi connectivity index (χ1n) is 6.84. The number of quaternary nitrogens is 2. The van der Waals surface area contributed by atoms with Crippen LogP contribution in [0, 0.1) is 0 Å². The third-order valence-electron chi connectivity index (χ3n) is 4.57. The average Bonchev–Trinajstić information content (AvgIpc) is 2.27. The van der Waals surface area contributed by atoms with Crippen molar-refractivity contribution < 1.29 is 13.7 Å². The third kappa shape index (κ3) is 2.76. The molecule has 3 aliphatic rings. The van der Waals surface area contributed by atoms with Crippen molar-refractivity contribution in [3.05, 3.63) is 0 Å². The molecule has 0 aromatic heterocycles. The maximum Gasteiger partial charge on any atom is 0.129 e. The number of ether oxygens (including phenoxy) is 1. The van der Waals surface area contributed by atoms with Gasteiger partial charge in [0.05, 0.1) is 26.3 Å². The van der Waals surface area contributed by atoms with Crippen LogP contribution in [0.5, 0.6) is 0 Å². The maximum absolute atomic E-state index is 5.64. The highest BCUT2D eigenvalue weighted by molar-refractivity contribution is 4.60. The van der Waals surface area contributed by atoms with Crippen molar-refractivity contribution in [3.8, 4) is 0 Å². The van der Waals surface area contributed by atoms with Gasteiger partial charge >= 0.3 is 0 Å². The van der Waals surface area contributed by atoms with Crippen LogP contribution >= 0.6 is 0 Å². The zero-order valence-electron chi connectivity index (χ0n) is 11.2. The van der Waals surface area contributed by atoms with Gasteiger partial charge in [-0.2, -0.15) is 0 Å². The van der Waals surface area contributed by atoms with E-state index in [2.05, 4.69) is 20.9 Å². The van der Waals surface area contributed by atoms with E-state index in [-0.39, 0.29) is 0 Å². The van der Waals surface area contributed by atoms with E-state index in [0.29, 0.717) is 6.10 Å². The van der Waals surface area contributed by atoms with Gasteiger partial charge in [0.25, 0.3) is 0 Å². The summed E-state index contributed by atoms with van der Waals surface area (Å²) in [6, 6.07) is 0. The highest BCUT2D eigenvalue weighted by Gasteiger charge is 2.46. The summed E-state index contributed by atoms with van der Waals surface area (Å²) in [4.78, 5) is 0. The topological polar surface area (TPSA) is 9.23 Å². The summed E-state index contributed by atoms with van der Waals surface area (Å²) in [5.41, 5.74) is 0. The van der Waals surface area contributed by atoms with Gasteiger partial charge in [0, 0.05) is 6.42 Å². The van der Waals surface area contributed by atoms with Crippen LogP contribution < -0.4 is 0 Å². The molecule has 3 aliphatic heterocycles. The smallest absolute Gasteiger partial charge is 0.129 e. The van der Waals surface area contributed by atoms with E-state index < -0.39 is 0 Å². The summed E-state index contributed by atoms with van der Waals surface area (Å²) >= 11 is 0. The Kier molecular flexibility index (Phi) is 3.57. The number of hydrogen-bond donors (Lipinski definition) is 0. The second-order valence-corrected chi connectivity index (χ2v) is 6.30. The van der Waals surface area contributed by atoms with E-state index in [1.165, 1.54) is 61.2 Å². The van der Waals surface area contributed by atoms with Crippen LogP contribution in [0.1, 0.15) is 20.3 Å². The summed E-state index contributed by atoms with van der Waals surface area (Å²) in [5.74, 6) is 0. The van der Waals surface area contributed by atoms with Crippen molar-refractivity contribution in [1.82, 2.24) is 0 Å². The van der Waals surface area contributed by atoms with Gasteiger partial charge in [-0.05, 0) is 13.8 Å². The van der Waals surface area contributed by atoms with Crippen molar-refractivity contribution in [1.29, 1.82) is 0 Å². The number of rotatable bonds is 5. The van der Waals surface area contributed by atoms with E-state index in [9.17, 15) is 0 Å². The van der Waals surface area contributed by atoms with Crippen molar-refractivity contribution >= 4 is 0 Å². The third-order valence-corrected chi connectivity index (χ3v) is 4.57. The minimum atomic E-state index is 0.391. The monoisotopic (exact) mass is 228 g/mol. The van der Waals surface area contributed by atoms with Crippen molar-refractivity contribution in [2.45, 2.75) is 26.4 Å². The molecule has 94 valence electrons. The molecule has 0 aliphatic carbocycles. The standard InChI is InChI=1S/C13H28N2O/c1-13(2)16-12-4-5-15-9-6-14(3,7-10-15)8-11-15/h13H,4-12H2,1-3H3/q+2. The first-order chi connectivity index (χ1) is 7.54. The number of hydrogen-bond acceptors (Lipinski definition) is 1. The van der Waals surface area contributed by atoms with Gasteiger partial charge in [0.1, 0.15) is 39.3 Å². The van der Waals surface area contributed by atoms with E-state index >= 15 is 0 Å². The minimum absolute atomic E-state index is 0.391. The quantitative estimate of drug-likeness (QED) is 0.506. The van der Waals surface area contributed by atoms with Crippen molar-refractivity contribution in [3.63, 3.8) is 0 Å². The molecular formula is C13H28N2O+2. The Bertz CT molecular complexity index is 216. The Morgan fingerprint density at radius 2 is 1.56 bits per heavy atom. The van der Waals surface area contributed by atoms with Crippen LogP contribution in [0.4, 0.5) is 0 Å². The van der Waals surface area contributed by atoms with Crippen LogP contribution in [0.15, 0.2) is 0 Å². The molecule has 0 radical (unpaired) electrons. The molecule has 0 spiro atoms. The largest absolute Gasteiger partial charge is 0.379 e. The molecule has 0 atom stereocenters. The fourth-order valence-electron chi connectivity index (χ4n) is 3.09. The molecule has 3 saturated heterocycles. The first-order valence-corrected chi connectivity index (χ1v) is 6.84. The highest BCUT2D eigenvalue weighted by atomic mass is 16.5. The highest BCUT2D eigenvalue weighted by Crippen LogP contribution is 2.24. The van der Waals surface area contributed by atoms with Gasteiger partial charge in [-0.1, -0.05) is 0 Å². The molecule has 3 heterocycles. The van der Waals surface area contributed by atoms with Crippen molar-refractivity contribution in [2.24, 2.45) is 0 Å². The summed E-state index contributed by atoms with van der Waals surface area (Å²) in [7, 11) is 2.43. The molecule has 3 rings (SSSR count). The Labute approximate surface area is 100 Å². The molecule has 3 fully saturated rings. The second-order valence-electron chi connectivity index (χ2n) is 6.30. The normalized spacial score (nSPS) is 38.2. The molecule has 2 bridgehead atoms. The van der Waals surface area contributed by atoms with Gasteiger partial charge in [-0.3, -0.25) is 0 Å². The number of piperazine rings is 3. The zero-order valence-corrected chi connectivity index (χ0v) is 11.2. The molecule has 3 nitrogen and oxygen atoms in total. The summed E-state index contributed by atoms with van der Waals surface area (Å²) in [5, 5.41) is 0. The van der Waals surface area contributed by atoms with E-state index in [4.69, 9.17) is 4.74 Å². The molecule has 0 N–H and O–H groups in total. The van der Waals surface area contributed by atoms with Gasteiger partial charge in [0.15, 0.2) is 0 Å². The van der Waals surface area contributed by atoms with Gasteiger partial charge in [-0.15, -0.1) is 0 Å². The van der Waals surface area contributed by atoms with Crippen LogP contribution in [0.2, 0.25) is 0 Å². The lowest BCUT2D eigenvalue weighted by atomic mass is 10.1. The zero-order chi connectivity index (χ0) is 11.6. The molecule has 0 aromatic rings. The molecule has 0 aromatic carbocycles. The summed E-state index contributed by atoms with van der Waals surface area (Å²) in [6.45, 7) is 14.9. The van der Waals surface area contributed by atoms with Gasteiger partial charge in [-0.25, -0.2) is 0 Å². The van der Waals surface area contributed by atoms with E-state index in [1.54, 1.807) is 0 Å². The molecule has 0 saturated carbocycles. The molecule has 16 heavy (non-hydrogen) atoms. The molecule has 0 amide bonds. The van der Waals surface area contributed by atoms with Crippen molar-refractivity contribution in [2.75, 3.05) is 59.5 Å². The summed E-state index contributed by atoms with van der Waals surface area (Å²) in [6.07, 6.45) is 1.63. The van der Waals surface area contributed by atoms with Gasteiger partial charge in [0.2, 0.25) is 0 Å². The Morgan fingerprint density at radius 1 is 1.00 bits per heavy atom. The molecule has 0 unspecified atom stereocenters. The predicted octanol–water partition coefficient (Wildman–Crippen LogP) is 1.09. The maximum atomic E-state index is 5.64. The molecule has 3 heteroatoms. The number of likely N-dealkylation sites (N-methyl/N-ethyl adjacent to an activating group) is 1. The summed E-state index contributed by atoms with van der Waals surface area (Å²) < 4.78 is 8.36. The molecular weight excluding hydrogens is 200 g/mol. The first kappa shape index (κ1) is 12.3. The minimum Gasteiger partial charge on any atom is -0.379 e. The average molecular weight is 228 g/mol. The Balaban J connectivity index is 1.73. The number of fused-ring (bicyclic) bond motifs is 3. The van der Waals surface area contributed by atoms with E-state index in [1.807, 2.05) is 0 Å². The van der Waals surface area contributed by atoms with Crippen LogP contribution in [-0.2, 0) is 4.74 Å². The number of nitrogens with zero attached hydrogens (tertiary/aromatic N) is 2. The lowest BCUT2D eigenvalue weighted by Gasteiger charge is -2.54. The van der Waals surface area contributed by atoms with Gasteiger partial charge < -0.3 is 13.7 Å². The Hall–Kier alpha value is -0.120. The predicted molar refractivity (Wildman–Crippen MR) is 66.2 cm³/mol. The van der Waals surface area contributed by atoms with Crippen LogP contribution in [0.3, 0.4) is 0 Å². The SMILES string of the molecule is CC(C)OCCC[N+]12CC[N+](C)(CC1)CC2. The van der Waals surface area contributed by atoms with Crippen LogP contribution in [0.25, 0.3) is 0 Å². The fraction of sp³-hybridized carbons (Fsp3) is 1.00. The lowest BCUT2D eigenvalue weighted by molar-refractivity contribution is -1.07. The van der Waals surface area contributed by atoms with Crippen LogP contribution in [-0.4, -0.2) is 74.5 Å². The lowest BCUT2D eigenvalue weighted by Crippen LogP contribution is -2.73.